The van der Waals surface area contributed by atoms with E-state index >= 15 is 0 Å². The molecule has 0 saturated heterocycles. The zero-order valence-electron chi connectivity index (χ0n) is 6.29. The third kappa shape index (κ3) is 0.339. The van der Waals surface area contributed by atoms with Gasteiger partial charge in [0.15, 0.2) is 0 Å². The van der Waals surface area contributed by atoms with E-state index < -0.39 is 0 Å². The second kappa shape index (κ2) is 1.19. The van der Waals surface area contributed by atoms with Crippen LogP contribution in [0.5, 0.6) is 0 Å². The van der Waals surface area contributed by atoms with Crippen LogP contribution < -0.4 is 0 Å². The van der Waals surface area contributed by atoms with Gasteiger partial charge in [-0.2, -0.15) is 0 Å². The van der Waals surface area contributed by atoms with Crippen molar-refractivity contribution in [3.05, 3.63) is 0 Å². The van der Waals surface area contributed by atoms with Gasteiger partial charge >= 0.3 is 0 Å². The fourth-order valence-electron chi connectivity index (χ4n) is 4.81. The van der Waals surface area contributed by atoms with Gasteiger partial charge in [-0.25, -0.2) is 0 Å². The van der Waals surface area contributed by atoms with Crippen molar-refractivity contribution in [1.29, 1.82) is 0 Å². The van der Waals surface area contributed by atoms with Crippen LogP contribution >= 0.6 is 0 Å². The Hall–Kier alpha value is 0. The molecule has 0 amide bonds. The predicted molar refractivity (Wildman–Crippen MR) is 39.4 cm³/mol. The van der Waals surface area contributed by atoms with Crippen LogP contribution in [-0.4, -0.2) is 0 Å². The molecule has 5 fully saturated rings. The third-order valence-corrected chi connectivity index (χ3v) is 4.86. The van der Waals surface area contributed by atoms with Crippen LogP contribution in [0.3, 0.4) is 0 Å². The van der Waals surface area contributed by atoms with Crippen LogP contribution in [0.2, 0.25) is 0 Å². The highest BCUT2D eigenvalue weighted by Gasteiger charge is 2.67. The van der Waals surface area contributed by atoms with E-state index in [0.29, 0.717) is 0 Å². The van der Waals surface area contributed by atoms with Gasteiger partial charge < -0.3 is 0 Å². The van der Waals surface area contributed by atoms with Gasteiger partial charge in [-0.15, -0.1) is 0 Å². The molecule has 0 aromatic rings. The Bertz CT molecular complexity index is 174. The van der Waals surface area contributed by atoms with Crippen molar-refractivity contribution in [1.82, 2.24) is 0 Å². The van der Waals surface area contributed by atoms with Crippen molar-refractivity contribution in [3.63, 3.8) is 0 Å². The highest BCUT2D eigenvalue weighted by molar-refractivity contribution is 5.16. The van der Waals surface area contributed by atoms with Gasteiger partial charge in [0.05, 0.1) is 0 Å². The first-order valence-corrected chi connectivity index (χ1v) is 4.93. The van der Waals surface area contributed by atoms with E-state index in [1.165, 1.54) is 35.5 Å². The zero-order chi connectivity index (χ0) is 6.29. The lowest BCUT2D eigenvalue weighted by molar-refractivity contribution is 0.128. The van der Waals surface area contributed by atoms with E-state index in [9.17, 15) is 0 Å². The molecule has 5 aliphatic carbocycles. The minimum atomic E-state index is 1.20. The molecule has 5 aliphatic rings. The summed E-state index contributed by atoms with van der Waals surface area (Å²) < 4.78 is 0. The summed E-state index contributed by atoms with van der Waals surface area (Å²) in [7, 11) is 0. The Morgan fingerprint density at radius 2 is 1.40 bits per heavy atom. The Morgan fingerprint density at radius 3 is 2.00 bits per heavy atom. The van der Waals surface area contributed by atoms with Crippen molar-refractivity contribution in [2.45, 2.75) is 25.7 Å². The van der Waals surface area contributed by atoms with Crippen molar-refractivity contribution < 1.29 is 0 Å². The van der Waals surface area contributed by atoms with Crippen molar-refractivity contribution in [3.8, 4) is 0 Å². The summed E-state index contributed by atoms with van der Waals surface area (Å²) in [5.74, 6) is 7.45. The lowest BCUT2D eigenvalue weighted by Gasteiger charge is -2.37. The average molecular weight is 134 g/mol. The van der Waals surface area contributed by atoms with Gasteiger partial charge in [0.1, 0.15) is 0 Å². The van der Waals surface area contributed by atoms with E-state index in [1.54, 1.807) is 25.7 Å². The minimum Gasteiger partial charge on any atom is -0.0473 e. The van der Waals surface area contributed by atoms with E-state index in [2.05, 4.69) is 0 Å². The van der Waals surface area contributed by atoms with E-state index in [-0.39, 0.29) is 0 Å². The van der Waals surface area contributed by atoms with Crippen LogP contribution in [0.25, 0.3) is 0 Å². The molecule has 0 spiro atoms. The predicted octanol–water partition coefficient (Wildman–Crippen LogP) is 2.30. The average Bonchev–Trinajstić information content (AvgIpc) is 2.55. The molecule has 0 heterocycles. The summed E-state index contributed by atoms with van der Waals surface area (Å²) in [6.07, 6.45) is 6.55. The molecule has 0 N–H and O–H groups in total. The van der Waals surface area contributed by atoms with Crippen LogP contribution in [0.4, 0.5) is 0 Å². The van der Waals surface area contributed by atoms with Crippen LogP contribution in [0.15, 0.2) is 0 Å². The third-order valence-electron chi connectivity index (χ3n) is 4.86. The van der Waals surface area contributed by atoms with Gasteiger partial charge in [-0.05, 0) is 61.2 Å². The maximum atomic E-state index is 1.64. The Balaban J connectivity index is 1.88. The number of hydrogen-bond acceptors (Lipinski definition) is 0. The van der Waals surface area contributed by atoms with Crippen molar-refractivity contribution in [2.24, 2.45) is 35.5 Å². The minimum absolute atomic E-state index is 1.20. The van der Waals surface area contributed by atoms with Crippen LogP contribution in [0, 0.1) is 35.5 Å². The van der Waals surface area contributed by atoms with Gasteiger partial charge in [-0.1, -0.05) is 0 Å². The first-order chi connectivity index (χ1) is 4.93. The molecule has 0 aromatic carbocycles. The summed E-state index contributed by atoms with van der Waals surface area (Å²) in [6, 6.07) is 0. The van der Waals surface area contributed by atoms with Crippen molar-refractivity contribution in [2.75, 3.05) is 0 Å². The van der Waals surface area contributed by atoms with Gasteiger partial charge in [0.25, 0.3) is 0 Å². The van der Waals surface area contributed by atoms with E-state index in [0.717, 1.165) is 0 Å². The largest absolute Gasteiger partial charge is 0.0473 e. The van der Waals surface area contributed by atoms with Crippen LogP contribution in [-0.2, 0) is 0 Å². The van der Waals surface area contributed by atoms with E-state index in [4.69, 9.17) is 0 Å². The molecule has 10 heavy (non-hydrogen) atoms. The highest BCUT2D eigenvalue weighted by atomic mass is 14.7. The van der Waals surface area contributed by atoms with Crippen LogP contribution in [0.1, 0.15) is 25.7 Å². The monoisotopic (exact) mass is 134 g/mol. The molecule has 54 valence electrons. The summed E-state index contributed by atoms with van der Waals surface area (Å²) in [4.78, 5) is 0. The van der Waals surface area contributed by atoms with Gasteiger partial charge in [0.2, 0.25) is 0 Å². The molecule has 4 unspecified atom stereocenters. The molecule has 0 aromatic heterocycles. The van der Waals surface area contributed by atoms with Gasteiger partial charge in [-0.3, -0.25) is 0 Å². The molecule has 0 heteroatoms. The topological polar surface area (TPSA) is 0 Å². The molecular weight excluding hydrogens is 120 g/mol. The molecule has 6 atom stereocenters. The summed E-state index contributed by atoms with van der Waals surface area (Å²) in [6.45, 7) is 0. The quantitative estimate of drug-likeness (QED) is 0.477. The molecule has 0 aliphatic heterocycles. The number of rotatable bonds is 0. The Labute approximate surface area is 62.0 Å². The van der Waals surface area contributed by atoms with E-state index in [1.807, 2.05) is 0 Å². The SMILES string of the molecule is C1C2C[C@@H]3C[C@H](C2)C2C1C23. The summed E-state index contributed by atoms with van der Waals surface area (Å²) in [5, 5.41) is 0. The Morgan fingerprint density at radius 1 is 0.700 bits per heavy atom. The standard InChI is InChI=1S/C10H14/c1-5-2-7-4-6(1)9-8(3-5)10(7)9/h5-10H,1-4H2/t5?,6-,7+,8?,9?,10?. The fraction of sp³-hybridized carbons (Fsp3) is 1.00. The fourth-order valence-corrected chi connectivity index (χ4v) is 4.81. The molecule has 0 nitrogen and oxygen atoms in total. The maximum Gasteiger partial charge on any atom is -0.0320 e. The lowest BCUT2D eigenvalue weighted by Crippen LogP contribution is -2.28. The molecular formula is C10H14. The number of hydrogen-bond donors (Lipinski definition) is 0. The smallest absolute Gasteiger partial charge is 0.0320 e. The first kappa shape index (κ1) is 4.79. The summed E-state index contributed by atoms with van der Waals surface area (Å²) in [5.41, 5.74) is 0. The maximum absolute atomic E-state index is 1.64. The second-order valence-corrected chi connectivity index (χ2v) is 5.15. The summed E-state index contributed by atoms with van der Waals surface area (Å²) >= 11 is 0. The first-order valence-electron chi connectivity index (χ1n) is 4.93. The highest BCUT2D eigenvalue weighted by Crippen LogP contribution is 2.74. The lowest BCUT2D eigenvalue weighted by atomic mass is 9.68. The molecule has 5 saturated carbocycles. The normalized spacial score (nSPS) is 74.4. The molecule has 5 rings (SSSR count). The Kier molecular flexibility index (Phi) is 0.570. The second-order valence-electron chi connectivity index (χ2n) is 5.15. The van der Waals surface area contributed by atoms with Crippen molar-refractivity contribution >= 4 is 0 Å². The zero-order valence-corrected chi connectivity index (χ0v) is 6.29. The molecule has 0 radical (unpaired) electrons. The van der Waals surface area contributed by atoms with Gasteiger partial charge in [0, 0.05) is 0 Å². The molecule has 4 bridgehead atoms.